The topological polar surface area (TPSA) is 178 Å². The maximum Gasteiger partial charge on any atom is 0.319 e. The van der Waals surface area contributed by atoms with Crippen molar-refractivity contribution >= 4 is 57.0 Å². The molecule has 19 heteroatoms. The van der Waals surface area contributed by atoms with E-state index in [0.29, 0.717) is 73.5 Å². The van der Waals surface area contributed by atoms with Crippen molar-refractivity contribution in [3.8, 4) is 33.5 Å². The molecule has 2 bridgehead atoms. The zero-order valence-corrected chi connectivity index (χ0v) is 49.6. The lowest BCUT2D eigenvalue weighted by Gasteiger charge is -2.40. The van der Waals surface area contributed by atoms with Gasteiger partial charge < -0.3 is 39.7 Å². The number of benzene rings is 3. The number of piperidine rings is 2. The number of thiazole rings is 1. The summed E-state index contributed by atoms with van der Waals surface area (Å²) < 4.78 is 45.6. The largest absolute Gasteiger partial charge is 0.508 e. The molecule has 2 amide bonds. The van der Waals surface area contributed by atoms with Gasteiger partial charge >= 0.3 is 6.01 Å². The highest BCUT2D eigenvalue weighted by molar-refractivity contribution is 7.13. The molecule has 3 N–H and O–H groups in total. The third kappa shape index (κ3) is 12.7. The minimum absolute atomic E-state index is 0.0375. The van der Waals surface area contributed by atoms with Gasteiger partial charge in [-0.3, -0.25) is 19.5 Å². The Morgan fingerprint density at radius 3 is 2.40 bits per heavy atom. The average Bonchev–Trinajstić information content (AvgIpc) is 2.90. The summed E-state index contributed by atoms with van der Waals surface area (Å²) in [5, 5.41) is 23.7. The second kappa shape index (κ2) is 25.2. The van der Waals surface area contributed by atoms with Gasteiger partial charge in [-0.1, -0.05) is 68.4 Å². The lowest BCUT2D eigenvalue weighted by Crippen LogP contribution is -2.51. The molecular weight excluding hydrogens is 1070 g/mol. The van der Waals surface area contributed by atoms with E-state index in [1.807, 2.05) is 60.7 Å². The maximum atomic E-state index is 17.0. The van der Waals surface area contributed by atoms with Crippen LogP contribution in [0.1, 0.15) is 127 Å². The van der Waals surface area contributed by atoms with Crippen molar-refractivity contribution in [3.05, 3.63) is 101 Å². The summed E-state index contributed by atoms with van der Waals surface area (Å²) in [4.78, 5) is 52.3. The van der Waals surface area contributed by atoms with Crippen molar-refractivity contribution in [2.24, 2.45) is 11.8 Å². The molecule has 3 aromatic carbocycles. The molecule has 16 nitrogen and oxygen atoms in total. The number of rotatable bonds is 17. The maximum absolute atomic E-state index is 17.0. The SMILES string of the molecule is CCc1cccc2cc(O)cc(-c3ncc4c(N5CC6CCC(C5)N6)nc(OCCN5CCC(F)(CC6CCN(c7cc(C(C(=O)N8CCCC8C)C(C)C)on7)CC6)CC5)nc4c3F)c12.Cc1ncsc1-c1ccc(C(C)NC=O)cc1. The first-order chi connectivity index (χ1) is 40.1. The fourth-order valence-corrected chi connectivity index (χ4v) is 14.2. The van der Waals surface area contributed by atoms with E-state index in [-0.39, 0.29) is 65.3 Å². The summed E-state index contributed by atoms with van der Waals surface area (Å²) in [6.07, 6.45) is 10.6. The van der Waals surface area contributed by atoms with Crippen LogP contribution >= 0.6 is 11.3 Å². The second-order valence-corrected chi connectivity index (χ2v) is 25.0. The van der Waals surface area contributed by atoms with E-state index < -0.39 is 11.5 Å². The molecule has 440 valence electrons. The Hall–Kier alpha value is -6.83. The molecule has 0 saturated carbocycles. The van der Waals surface area contributed by atoms with Gasteiger partial charge in [0.2, 0.25) is 12.3 Å². The van der Waals surface area contributed by atoms with Crippen molar-refractivity contribution in [3.63, 3.8) is 0 Å². The summed E-state index contributed by atoms with van der Waals surface area (Å²) >= 11 is 1.64. The monoisotopic (exact) mass is 1150 g/mol. The zero-order chi connectivity index (χ0) is 57.9. The van der Waals surface area contributed by atoms with Gasteiger partial charge in [0.15, 0.2) is 17.4 Å². The van der Waals surface area contributed by atoms with Crippen LogP contribution in [0.2, 0.25) is 0 Å². The summed E-state index contributed by atoms with van der Waals surface area (Å²) in [5.74, 6) is 1.62. The predicted molar refractivity (Wildman–Crippen MR) is 322 cm³/mol. The van der Waals surface area contributed by atoms with Crippen molar-refractivity contribution in [1.29, 1.82) is 0 Å². The summed E-state index contributed by atoms with van der Waals surface area (Å²) in [5.41, 5.74) is 5.77. The number of halogens is 2. The Bertz CT molecular complexity index is 3390. The molecule has 12 rings (SSSR count). The number of hydrogen-bond donors (Lipinski definition) is 3. The highest BCUT2D eigenvalue weighted by atomic mass is 32.1. The molecule has 5 saturated heterocycles. The van der Waals surface area contributed by atoms with Gasteiger partial charge in [-0.05, 0) is 136 Å². The predicted octanol–water partition coefficient (Wildman–Crippen LogP) is 11.3. The van der Waals surface area contributed by atoms with Crippen LogP contribution in [-0.2, 0) is 16.0 Å². The number of likely N-dealkylation sites (tertiary alicyclic amines) is 2. The number of aromatic nitrogens is 5. The van der Waals surface area contributed by atoms with Crippen molar-refractivity contribution in [2.45, 2.75) is 142 Å². The van der Waals surface area contributed by atoms with Gasteiger partial charge in [-0.25, -0.2) is 13.8 Å². The van der Waals surface area contributed by atoms with Gasteiger partial charge in [0, 0.05) is 88.3 Å². The van der Waals surface area contributed by atoms with Gasteiger partial charge in [0.05, 0.1) is 27.5 Å². The summed E-state index contributed by atoms with van der Waals surface area (Å²) in [6, 6.07) is 20.4. The van der Waals surface area contributed by atoms with E-state index in [1.165, 1.54) is 10.4 Å². The van der Waals surface area contributed by atoms with Crippen LogP contribution in [0, 0.1) is 24.6 Å². The third-order valence-corrected chi connectivity index (χ3v) is 19.1. The smallest absolute Gasteiger partial charge is 0.319 e. The number of amides is 2. The molecule has 0 aliphatic carbocycles. The number of carbonyl (C=O) groups is 2. The number of nitrogens with zero attached hydrogens (tertiary/aromatic N) is 9. The van der Waals surface area contributed by atoms with Crippen LogP contribution in [-0.4, -0.2) is 135 Å². The second-order valence-electron chi connectivity index (χ2n) is 24.1. The number of nitrogens with one attached hydrogen (secondary N) is 2. The van der Waals surface area contributed by atoms with Gasteiger partial charge in [0.25, 0.3) is 0 Å². The minimum Gasteiger partial charge on any atom is -0.508 e. The number of pyridine rings is 1. The molecule has 0 spiro atoms. The quantitative estimate of drug-likeness (QED) is 0.0734. The van der Waals surface area contributed by atoms with Crippen LogP contribution in [0.4, 0.5) is 20.4 Å². The van der Waals surface area contributed by atoms with E-state index in [9.17, 15) is 14.7 Å². The standard InChI is InChI=1S/C51H65F2N9O4.C13H14N2OS/c1-5-34-9-6-10-35-24-38(63)25-39(44(34)35)46-45(52)47-40(28-54-46)48(61-29-36-11-12-37(30-61)55-36)57-50(56-47)65-23-22-59-20-15-51(53,16-21-59)27-33-13-18-60(19-14-33)42-26-41(66-58-42)43(31(2)3)49(64)62-17-7-8-32(62)4;1-9(14-7-16)11-3-5-12(6-4-11)13-10(2)15-8-17-13/h6,9-10,24-26,28,31-33,36-37,43,55,63H,5,7-8,11-23,27,29-30H2,1-4H3;3-9H,1-2H3,(H,14,16). The van der Waals surface area contributed by atoms with E-state index in [1.54, 1.807) is 29.7 Å². The Balaban J connectivity index is 0.000000363. The van der Waals surface area contributed by atoms with Crippen LogP contribution in [0.15, 0.2) is 76.9 Å². The molecule has 5 aliphatic heterocycles. The Labute approximate surface area is 489 Å². The third-order valence-electron chi connectivity index (χ3n) is 18.2. The van der Waals surface area contributed by atoms with Crippen LogP contribution in [0.5, 0.6) is 11.8 Å². The number of phenols is 1. The number of anilines is 2. The highest BCUT2D eigenvalue weighted by Crippen LogP contribution is 2.41. The van der Waals surface area contributed by atoms with E-state index in [4.69, 9.17) is 24.2 Å². The van der Waals surface area contributed by atoms with Crippen molar-refractivity contribution in [2.75, 3.05) is 68.8 Å². The molecule has 4 aromatic heterocycles. The molecule has 7 aromatic rings. The lowest BCUT2D eigenvalue weighted by molar-refractivity contribution is -0.135. The normalized spacial score (nSPS) is 20.9. The average molecular weight is 1150 g/mol. The number of hydrogen-bond acceptors (Lipinski definition) is 15. The Kier molecular flexibility index (Phi) is 17.6. The number of ether oxygens (including phenoxy) is 1. The fraction of sp³-hybridized carbons (Fsp3) is 0.516. The number of alkyl halides is 1. The van der Waals surface area contributed by atoms with Crippen LogP contribution < -0.4 is 25.2 Å². The highest BCUT2D eigenvalue weighted by Gasteiger charge is 2.40. The minimum atomic E-state index is -1.22. The number of carbonyl (C=O) groups excluding carboxylic acids is 2. The van der Waals surface area contributed by atoms with Gasteiger partial charge in [-0.2, -0.15) is 9.97 Å². The molecular formula is C64H79F2N11O5S. The summed E-state index contributed by atoms with van der Waals surface area (Å²) in [6.45, 7) is 18.2. The lowest BCUT2D eigenvalue weighted by atomic mass is 9.80. The number of phenolic OH excluding ortho intramolecular Hbond substituents is 1. The van der Waals surface area contributed by atoms with Crippen molar-refractivity contribution < 1.29 is 32.7 Å². The van der Waals surface area contributed by atoms with Gasteiger partial charge in [-0.15, -0.1) is 11.3 Å². The van der Waals surface area contributed by atoms with E-state index in [0.717, 1.165) is 117 Å². The molecule has 5 unspecified atom stereocenters. The molecule has 5 aliphatic rings. The Morgan fingerprint density at radius 1 is 0.964 bits per heavy atom. The number of aryl methyl sites for hydroxylation is 2. The van der Waals surface area contributed by atoms with Gasteiger partial charge in [0.1, 0.15) is 41.0 Å². The van der Waals surface area contributed by atoms with Crippen LogP contribution in [0.25, 0.3) is 43.4 Å². The molecule has 0 radical (unpaired) electrons. The van der Waals surface area contributed by atoms with E-state index >= 15 is 8.78 Å². The Morgan fingerprint density at radius 2 is 1.72 bits per heavy atom. The first-order valence-electron chi connectivity index (χ1n) is 30.0. The van der Waals surface area contributed by atoms with Crippen LogP contribution in [0.3, 0.4) is 0 Å². The van der Waals surface area contributed by atoms with Crippen molar-refractivity contribution in [1.82, 2.24) is 45.5 Å². The number of aromatic hydroxyl groups is 1. The number of piperazine rings is 1. The molecule has 5 fully saturated rings. The molecule has 83 heavy (non-hydrogen) atoms. The summed E-state index contributed by atoms with van der Waals surface area (Å²) in [7, 11) is 0. The first kappa shape index (κ1) is 58.0. The molecule has 9 heterocycles. The fourth-order valence-electron chi connectivity index (χ4n) is 13.4. The zero-order valence-electron chi connectivity index (χ0n) is 48.8. The molecule has 5 atom stereocenters. The number of fused-ring (bicyclic) bond motifs is 4. The first-order valence-corrected chi connectivity index (χ1v) is 30.9. The van der Waals surface area contributed by atoms with E-state index in [2.05, 4.69) is 75.3 Å².